The molecule has 2 aliphatic rings. The van der Waals surface area contributed by atoms with Crippen molar-refractivity contribution in [3.63, 3.8) is 0 Å². The monoisotopic (exact) mass is 510 g/mol. The molecule has 0 saturated heterocycles. The van der Waals surface area contributed by atoms with Gasteiger partial charge in [0.25, 0.3) is 0 Å². The number of hydrogen-bond donors (Lipinski definition) is 1. The molecular weight excluding hydrogens is 476 g/mol. The maximum atomic E-state index is 12.1. The summed E-state index contributed by atoms with van der Waals surface area (Å²) in [4.78, 5) is 12.1. The molecule has 0 spiro atoms. The third-order valence-corrected chi connectivity index (χ3v) is 8.23. The van der Waals surface area contributed by atoms with Crippen LogP contribution in [0, 0.1) is 5.92 Å². The fourth-order valence-corrected chi connectivity index (χ4v) is 6.06. The van der Waals surface area contributed by atoms with Crippen molar-refractivity contribution in [2.24, 2.45) is 13.0 Å². The van der Waals surface area contributed by atoms with Gasteiger partial charge in [-0.05, 0) is 79.0 Å². The highest BCUT2D eigenvalue weighted by Gasteiger charge is 2.45. The van der Waals surface area contributed by atoms with E-state index in [0.717, 1.165) is 40.2 Å². The van der Waals surface area contributed by atoms with Crippen molar-refractivity contribution in [3.8, 4) is 22.6 Å². The molecule has 196 valence electrons. The molecule has 1 N–H and O–H groups in total. The molecule has 2 unspecified atom stereocenters. The zero-order valence-electron chi connectivity index (χ0n) is 22.0. The Morgan fingerprint density at radius 3 is 2.50 bits per heavy atom. The zero-order chi connectivity index (χ0) is 26.2. The Morgan fingerprint density at radius 2 is 1.76 bits per heavy atom. The van der Waals surface area contributed by atoms with Gasteiger partial charge in [-0.2, -0.15) is 10.2 Å². The van der Waals surface area contributed by atoms with E-state index < -0.39 is 5.97 Å². The Labute approximate surface area is 223 Å². The molecule has 2 aliphatic carbocycles. The molecule has 0 aliphatic heterocycles. The lowest BCUT2D eigenvalue weighted by Crippen LogP contribution is -2.25. The summed E-state index contributed by atoms with van der Waals surface area (Å²) in [6, 6.07) is 16.4. The third kappa shape index (κ3) is 4.85. The van der Waals surface area contributed by atoms with Crippen molar-refractivity contribution in [1.29, 1.82) is 0 Å². The molecule has 38 heavy (non-hydrogen) atoms. The predicted octanol–water partition coefficient (Wildman–Crippen LogP) is 6.59. The van der Waals surface area contributed by atoms with Crippen molar-refractivity contribution in [2.45, 2.75) is 63.4 Å². The van der Waals surface area contributed by atoms with Crippen molar-refractivity contribution in [1.82, 2.24) is 19.6 Å². The largest absolute Gasteiger partial charge is 0.490 e. The molecule has 7 heteroatoms. The first-order valence-electron chi connectivity index (χ1n) is 13.6. The van der Waals surface area contributed by atoms with E-state index in [2.05, 4.69) is 41.4 Å². The van der Waals surface area contributed by atoms with E-state index in [4.69, 9.17) is 4.74 Å². The van der Waals surface area contributed by atoms with Crippen molar-refractivity contribution < 1.29 is 14.6 Å². The number of rotatable bonds is 8. The number of carbonyl (C=O) groups is 1. The fraction of sp³-hybridized carbons (Fsp3) is 0.387. The van der Waals surface area contributed by atoms with Crippen molar-refractivity contribution in [3.05, 3.63) is 83.9 Å². The highest BCUT2D eigenvalue weighted by atomic mass is 16.5. The van der Waals surface area contributed by atoms with E-state index in [9.17, 15) is 9.90 Å². The number of carboxylic acids is 1. The normalized spacial score (nSPS) is 20.3. The molecule has 2 saturated carbocycles. The summed E-state index contributed by atoms with van der Waals surface area (Å²) in [5.74, 6) is 0.901. The first kappa shape index (κ1) is 24.5. The Morgan fingerprint density at radius 1 is 1.00 bits per heavy atom. The van der Waals surface area contributed by atoms with Crippen LogP contribution in [0.5, 0.6) is 5.75 Å². The lowest BCUT2D eigenvalue weighted by Gasteiger charge is -2.28. The molecular formula is C31H34N4O3. The van der Waals surface area contributed by atoms with Crippen LogP contribution in [0.15, 0.2) is 67.1 Å². The maximum absolute atomic E-state index is 12.1. The molecule has 4 aromatic rings. The van der Waals surface area contributed by atoms with Crippen molar-refractivity contribution in [2.75, 3.05) is 0 Å². The Bertz CT molecular complexity index is 1450. The van der Waals surface area contributed by atoms with Crippen molar-refractivity contribution >= 4 is 5.97 Å². The van der Waals surface area contributed by atoms with Gasteiger partial charge >= 0.3 is 5.97 Å². The summed E-state index contributed by atoms with van der Waals surface area (Å²) >= 11 is 0. The van der Waals surface area contributed by atoms with Crippen LogP contribution in [0.4, 0.5) is 0 Å². The summed E-state index contributed by atoms with van der Waals surface area (Å²) in [5.41, 5.74) is 5.10. The van der Waals surface area contributed by atoms with Crippen LogP contribution in [-0.4, -0.2) is 36.7 Å². The topological polar surface area (TPSA) is 82.2 Å². The van der Waals surface area contributed by atoms with Gasteiger partial charge in [0, 0.05) is 19.2 Å². The highest BCUT2D eigenvalue weighted by Crippen LogP contribution is 2.55. The number of aromatic nitrogens is 4. The molecule has 0 amide bonds. The number of aryl methyl sites for hydroxylation is 1. The fourth-order valence-electron chi connectivity index (χ4n) is 6.06. The number of hydrogen-bond acceptors (Lipinski definition) is 4. The van der Waals surface area contributed by atoms with E-state index >= 15 is 0 Å². The molecule has 7 nitrogen and oxygen atoms in total. The molecule has 0 radical (unpaired) electrons. The van der Waals surface area contributed by atoms with Crippen LogP contribution in [0.1, 0.15) is 78.9 Å². The van der Waals surface area contributed by atoms with E-state index in [1.807, 2.05) is 43.7 Å². The van der Waals surface area contributed by atoms with Gasteiger partial charge in [-0.15, -0.1) is 0 Å². The minimum Gasteiger partial charge on any atom is -0.490 e. The Balaban J connectivity index is 1.28. The molecule has 6 rings (SSSR count). The summed E-state index contributed by atoms with van der Waals surface area (Å²) in [6.45, 7) is 2.19. The second-order valence-corrected chi connectivity index (χ2v) is 10.9. The number of carboxylic acid groups (broad SMARTS) is 1. The van der Waals surface area contributed by atoms with Gasteiger partial charge in [0.1, 0.15) is 11.3 Å². The van der Waals surface area contributed by atoms with Gasteiger partial charge < -0.3 is 9.84 Å². The average Bonchev–Trinajstić information content (AvgIpc) is 3.38. The zero-order valence-corrected chi connectivity index (χ0v) is 22.0. The summed E-state index contributed by atoms with van der Waals surface area (Å²) < 4.78 is 9.98. The second-order valence-electron chi connectivity index (χ2n) is 10.9. The van der Waals surface area contributed by atoms with Crippen LogP contribution in [0.25, 0.3) is 16.8 Å². The second kappa shape index (κ2) is 10.1. The molecule has 2 heterocycles. The summed E-state index contributed by atoms with van der Waals surface area (Å²) in [7, 11) is 1.90. The number of ether oxygens (including phenoxy) is 1. The van der Waals surface area contributed by atoms with E-state index in [0.29, 0.717) is 5.92 Å². The number of aromatic carboxylic acids is 1. The minimum absolute atomic E-state index is 0.0921. The summed E-state index contributed by atoms with van der Waals surface area (Å²) in [5, 5.41) is 18.7. The number of benzene rings is 2. The van der Waals surface area contributed by atoms with Crippen LogP contribution >= 0.6 is 0 Å². The molecule has 2 aromatic carbocycles. The SMILES string of the molecule is C[C@H](Oc1cccc(-c2cccc(-n3ncc(C(=O)O)c3C3CC3c3cnn(C)c3)c2)c1)C1CCCCC1. The Hall–Kier alpha value is -3.87. The number of nitrogens with zero attached hydrogens (tertiary/aromatic N) is 4. The van der Waals surface area contributed by atoms with Gasteiger partial charge in [-0.25, -0.2) is 9.48 Å². The van der Waals surface area contributed by atoms with Gasteiger partial charge in [-0.1, -0.05) is 43.5 Å². The Kier molecular flexibility index (Phi) is 6.52. The van der Waals surface area contributed by atoms with Gasteiger partial charge in [0.2, 0.25) is 0 Å². The van der Waals surface area contributed by atoms with Crippen LogP contribution in [0.2, 0.25) is 0 Å². The van der Waals surface area contributed by atoms with E-state index in [-0.39, 0.29) is 23.5 Å². The molecule has 0 bridgehead atoms. The van der Waals surface area contributed by atoms with Gasteiger partial charge in [0.15, 0.2) is 0 Å². The van der Waals surface area contributed by atoms with E-state index in [1.165, 1.54) is 38.3 Å². The molecule has 2 fully saturated rings. The lowest BCUT2D eigenvalue weighted by molar-refractivity contribution is 0.0695. The highest BCUT2D eigenvalue weighted by molar-refractivity contribution is 5.89. The quantitative estimate of drug-likeness (QED) is 0.289. The third-order valence-electron chi connectivity index (χ3n) is 8.23. The lowest BCUT2D eigenvalue weighted by atomic mass is 9.86. The van der Waals surface area contributed by atoms with Crippen LogP contribution in [0.3, 0.4) is 0 Å². The van der Waals surface area contributed by atoms with E-state index in [1.54, 1.807) is 9.36 Å². The minimum atomic E-state index is -0.948. The van der Waals surface area contributed by atoms with Crippen LogP contribution < -0.4 is 4.74 Å². The first-order valence-corrected chi connectivity index (χ1v) is 13.6. The predicted molar refractivity (Wildman–Crippen MR) is 146 cm³/mol. The standard InChI is InChI=1S/C31H34N4O3/c1-20(21-8-4-3-5-9-21)38-26-13-7-11-23(15-26)22-10-6-12-25(14-22)35-30(29(18-33-35)31(36)37)28-16-27(28)24-17-32-34(2)19-24/h6-7,10-15,17-21,27-28H,3-5,8-9,16H2,1-2H3,(H,36,37)/t20-,27?,28?/m0/s1. The maximum Gasteiger partial charge on any atom is 0.339 e. The average molecular weight is 511 g/mol. The summed E-state index contributed by atoms with van der Waals surface area (Å²) in [6.07, 6.45) is 12.9. The molecule has 3 atom stereocenters. The smallest absolute Gasteiger partial charge is 0.339 e. The molecule has 2 aromatic heterocycles. The van der Waals surface area contributed by atoms with Crippen LogP contribution in [-0.2, 0) is 7.05 Å². The van der Waals surface area contributed by atoms with Gasteiger partial charge in [0.05, 0.1) is 29.9 Å². The van der Waals surface area contributed by atoms with Gasteiger partial charge in [-0.3, -0.25) is 4.68 Å². The first-order chi connectivity index (χ1) is 18.5.